The molecule has 9 atom stereocenters. The summed E-state index contributed by atoms with van der Waals surface area (Å²) in [6.45, 7) is 11.2. The van der Waals surface area contributed by atoms with Gasteiger partial charge in [0.15, 0.2) is 0 Å². The minimum absolute atomic E-state index is 0.125. The van der Waals surface area contributed by atoms with Gasteiger partial charge in [0.05, 0.1) is 17.8 Å². The fourth-order valence-corrected chi connectivity index (χ4v) is 8.73. The third-order valence-corrected chi connectivity index (χ3v) is 10.4. The van der Waals surface area contributed by atoms with Crippen LogP contribution in [-0.2, 0) is 0 Å². The van der Waals surface area contributed by atoms with E-state index in [9.17, 15) is 15.3 Å². The van der Waals surface area contributed by atoms with Crippen LogP contribution in [-0.4, -0.2) is 33.1 Å². The summed E-state index contributed by atoms with van der Waals surface area (Å²) in [5, 5.41) is 31.4. The van der Waals surface area contributed by atoms with Crippen LogP contribution in [0.1, 0.15) is 98.8 Å². The summed E-state index contributed by atoms with van der Waals surface area (Å²) >= 11 is 0. The van der Waals surface area contributed by atoms with E-state index >= 15 is 0 Å². The Morgan fingerprint density at radius 1 is 1.13 bits per heavy atom. The lowest BCUT2D eigenvalue weighted by molar-refractivity contribution is -0.108. The molecule has 0 amide bonds. The second-order valence-electron chi connectivity index (χ2n) is 12.6. The van der Waals surface area contributed by atoms with E-state index in [4.69, 9.17) is 0 Å². The molecule has 0 heterocycles. The van der Waals surface area contributed by atoms with Crippen molar-refractivity contribution < 1.29 is 15.3 Å². The first-order chi connectivity index (χ1) is 14.0. The molecule has 0 aliphatic heterocycles. The summed E-state index contributed by atoms with van der Waals surface area (Å²) in [5.41, 5.74) is 1.10. The molecule has 0 saturated heterocycles. The Hall–Kier alpha value is -0.380. The summed E-state index contributed by atoms with van der Waals surface area (Å²) in [6, 6.07) is 0. The Bertz CT molecular complexity index is 664. The zero-order valence-corrected chi connectivity index (χ0v) is 20.0. The number of allylic oxidation sites excluding steroid dienone is 1. The van der Waals surface area contributed by atoms with Gasteiger partial charge >= 0.3 is 0 Å². The van der Waals surface area contributed by atoms with E-state index < -0.39 is 11.7 Å². The molecule has 3 N–H and O–H groups in total. The first kappa shape index (κ1) is 22.8. The van der Waals surface area contributed by atoms with E-state index in [2.05, 4.69) is 26.8 Å². The van der Waals surface area contributed by atoms with Crippen molar-refractivity contribution in [2.45, 2.75) is 117 Å². The summed E-state index contributed by atoms with van der Waals surface area (Å²) < 4.78 is 0. The first-order valence-electron chi connectivity index (χ1n) is 12.7. The largest absolute Gasteiger partial charge is 0.393 e. The quantitative estimate of drug-likeness (QED) is 0.519. The average Bonchev–Trinajstić information content (AvgIpc) is 2.99. The monoisotopic (exact) mass is 418 g/mol. The molecular formula is C27H46O3. The van der Waals surface area contributed by atoms with Crippen molar-refractivity contribution in [2.24, 2.45) is 40.4 Å². The van der Waals surface area contributed by atoms with Gasteiger partial charge in [0.2, 0.25) is 0 Å². The van der Waals surface area contributed by atoms with E-state index in [0.29, 0.717) is 23.7 Å². The Morgan fingerprint density at radius 2 is 1.87 bits per heavy atom. The van der Waals surface area contributed by atoms with Crippen molar-refractivity contribution in [2.75, 3.05) is 0 Å². The molecule has 0 radical (unpaired) electrons. The highest BCUT2D eigenvalue weighted by Crippen LogP contribution is 2.67. The fourth-order valence-electron chi connectivity index (χ4n) is 8.73. The van der Waals surface area contributed by atoms with Gasteiger partial charge in [-0.2, -0.15) is 0 Å². The Kier molecular flexibility index (Phi) is 5.99. The molecule has 4 rings (SSSR count). The highest BCUT2D eigenvalue weighted by molar-refractivity contribution is 5.27. The zero-order valence-electron chi connectivity index (χ0n) is 20.0. The lowest BCUT2D eigenvalue weighted by Crippen LogP contribution is -2.55. The van der Waals surface area contributed by atoms with E-state index in [-0.39, 0.29) is 11.5 Å². The van der Waals surface area contributed by atoms with Gasteiger partial charge in [-0.25, -0.2) is 0 Å². The van der Waals surface area contributed by atoms with Gasteiger partial charge in [-0.3, -0.25) is 0 Å². The Morgan fingerprint density at radius 3 is 2.57 bits per heavy atom. The van der Waals surface area contributed by atoms with Crippen molar-refractivity contribution in [1.29, 1.82) is 0 Å². The maximum absolute atomic E-state index is 11.1. The van der Waals surface area contributed by atoms with E-state index in [0.717, 1.165) is 43.4 Å². The molecule has 0 spiro atoms. The number of aliphatic hydroxyl groups is 3. The minimum Gasteiger partial charge on any atom is -0.393 e. The Labute approximate surface area is 184 Å². The van der Waals surface area contributed by atoms with Crippen LogP contribution in [0.5, 0.6) is 0 Å². The maximum atomic E-state index is 11.1. The standard InChI is InChI=1S/C27H46O3/c1-17(7-6-13-25(2,3)30)21-10-11-22-20-9-8-18-15-19(28)16-24(29)27(18,5)23(20)12-14-26(21,22)4/h8,17,19-24,28-30H,6-7,9-16H2,1-5H3. The normalized spacial score (nSPS) is 47.1. The molecule has 3 saturated carbocycles. The fraction of sp³-hybridized carbons (Fsp3) is 0.926. The molecule has 0 aromatic heterocycles. The van der Waals surface area contributed by atoms with Gasteiger partial charge in [0.1, 0.15) is 0 Å². The lowest BCUT2D eigenvalue weighted by Gasteiger charge is -2.59. The summed E-state index contributed by atoms with van der Waals surface area (Å²) in [5.74, 6) is 3.55. The van der Waals surface area contributed by atoms with Gasteiger partial charge in [-0.15, -0.1) is 0 Å². The predicted molar refractivity (Wildman–Crippen MR) is 122 cm³/mol. The highest BCUT2D eigenvalue weighted by atomic mass is 16.3. The molecule has 4 aliphatic carbocycles. The second kappa shape index (κ2) is 7.89. The lowest BCUT2D eigenvalue weighted by atomic mass is 9.46. The van der Waals surface area contributed by atoms with Gasteiger partial charge in [-0.1, -0.05) is 45.3 Å². The Balaban J connectivity index is 1.50. The van der Waals surface area contributed by atoms with Crippen LogP contribution in [0.2, 0.25) is 0 Å². The van der Waals surface area contributed by atoms with Crippen LogP contribution in [0, 0.1) is 40.4 Å². The van der Waals surface area contributed by atoms with E-state index in [1.165, 1.54) is 37.7 Å². The number of hydrogen-bond acceptors (Lipinski definition) is 3. The predicted octanol–water partition coefficient (Wildman–Crippen LogP) is 5.47. The third-order valence-electron chi connectivity index (χ3n) is 10.4. The third kappa shape index (κ3) is 3.71. The van der Waals surface area contributed by atoms with Crippen LogP contribution >= 0.6 is 0 Å². The van der Waals surface area contributed by atoms with Gasteiger partial charge in [0, 0.05) is 11.8 Å². The van der Waals surface area contributed by atoms with Crippen LogP contribution in [0.25, 0.3) is 0 Å². The highest BCUT2D eigenvalue weighted by Gasteiger charge is 2.60. The molecule has 0 aromatic rings. The number of aliphatic hydroxyl groups excluding tert-OH is 2. The van der Waals surface area contributed by atoms with Crippen molar-refractivity contribution in [3.05, 3.63) is 11.6 Å². The number of fused-ring (bicyclic) bond motifs is 5. The average molecular weight is 419 g/mol. The van der Waals surface area contributed by atoms with Gasteiger partial charge in [-0.05, 0) is 93.8 Å². The summed E-state index contributed by atoms with van der Waals surface area (Å²) in [7, 11) is 0. The summed E-state index contributed by atoms with van der Waals surface area (Å²) in [6.07, 6.45) is 12.5. The van der Waals surface area contributed by atoms with Gasteiger partial charge < -0.3 is 15.3 Å². The van der Waals surface area contributed by atoms with Gasteiger partial charge in [0.25, 0.3) is 0 Å². The molecule has 3 nitrogen and oxygen atoms in total. The molecule has 3 heteroatoms. The molecule has 0 aromatic carbocycles. The molecule has 9 unspecified atom stereocenters. The van der Waals surface area contributed by atoms with Crippen LogP contribution in [0.4, 0.5) is 0 Å². The van der Waals surface area contributed by atoms with Crippen LogP contribution in [0.3, 0.4) is 0 Å². The summed E-state index contributed by atoms with van der Waals surface area (Å²) in [4.78, 5) is 0. The molecule has 172 valence electrons. The smallest absolute Gasteiger partial charge is 0.0658 e. The zero-order chi connectivity index (χ0) is 21.9. The maximum Gasteiger partial charge on any atom is 0.0658 e. The molecule has 4 aliphatic rings. The topological polar surface area (TPSA) is 60.7 Å². The van der Waals surface area contributed by atoms with E-state index in [1.54, 1.807) is 0 Å². The minimum atomic E-state index is -0.546. The van der Waals surface area contributed by atoms with Crippen LogP contribution < -0.4 is 0 Å². The van der Waals surface area contributed by atoms with Crippen molar-refractivity contribution >= 4 is 0 Å². The number of rotatable bonds is 5. The second-order valence-corrected chi connectivity index (χ2v) is 12.6. The van der Waals surface area contributed by atoms with Crippen molar-refractivity contribution in [1.82, 2.24) is 0 Å². The first-order valence-corrected chi connectivity index (χ1v) is 12.7. The SMILES string of the molecule is CC(CCCC(C)(C)O)C1CCC2C3CC=C4CC(O)CC(O)C4(C)C3CCC12C. The number of hydrogen-bond donors (Lipinski definition) is 3. The molecule has 0 bridgehead atoms. The molecular weight excluding hydrogens is 372 g/mol. The van der Waals surface area contributed by atoms with E-state index in [1.807, 2.05) is 13.8 Å². The molecule has 30 heavy (non-hydrogen) atoms. The van der Waals surface area contributed by atoms with Crippen molar-refractivity contribution in [3.8, 4) is 0 Å². The van der Waals surface area contributed by atoms with Crippen molar-refractivity contribution in [3.63, 3.8) is 0 Å². The van der Waals surface area contributed by atoms with Crippen LogP contribution in [0.15, 0.2) is 11.6 Å². The molecule has 3 fully saturated rings.